The molecule has 8 nitrogen and oxygen atoms in total. The number of rotatable bonds is 8. The molecule has 10 heteroatoms. The minimum atomic E-state index is -0.993. The number of benzene rings is 1. The van der Waals surface area contributed by atoms with Gasteiger partial charge in [0.25, 0.3) is 5.91 Å². The number of carbonyl (C=O) groups excluding carboxylic acids is 2. The van der Waals surface area contributed by atoms with E-state index in [0.717, 1.165) is 11.5 Å². The number of esters is 1. The number of hydrogen-bond donors (Lipinski definition) is 2. The minimum absolute atomic E-state index is 0.113. The zero-order chi connectivity index (χ0) is 23.4. The summed E-state index contributed by atoms with van der Waals surface area (Å²) < 4.78 is 5.65. The first-order valence-corrected chi connectivity index (χ1v) is 11.7. The molecule has 0 aliphatic carbocycles. The first kappa shape index (κ1) is 24.2. The molecule has 2 aliphatic heterocycles. The number of amides is 1. The van der Waals surface area contributed by atoms with E-state index in [1.54, 1.807) is 36.1 Å². The van der Waals surface area contributed by atoms with Gasteiger partial charge < -0.3 is 24.7 Å². The molecule has 1 fully saturated rings. The molecule has 1 saturated heterocycles. The standard InChI is InChI=1S/C22H27N3O5S2/c1-4-23-16-8-7-14(21(29)30-6-3)11-17(16)25(12-15(27)13-26)19(23)10-9-18-20(28)24(5-2)22(31)32-18/h7-11,15,26-27H,4-6,12-13H2,1-3H3/b18-9-,19-10-. The zero-order valence-electron chi connectivity index (χ0n) is 18.3. The van der Waals surface area contributed by atoms with Gasteiger partial charge in [-0.05, 0) is 51.1 Å². The van der Waals surface area contributed by atoms with Crippen molar-refractivity contribution < 1.29 is 24.5 Å². The van der Waals surface area contributed by atoms with Crippen molar-refractivity contribution in [2.75, 3.05) is 42.6 Å². The highest BCUT2D eigenvalue weighted by Gasteiger charge is 2.34. The molecule has 0 bridgehead atoms. The zero-order valence-corrected chi connectivity index (χ0v) is 19.9. The third-order valence-corrected chi connectivity index (χ3v) is 6.51. The van der Waals surface area contributed by atoms with Crippen molar-refractivity contribution in [3.05, 3.63) is 46.6 Å². The number of thiocarbonyl (C=S) groups is 1. The van der Waals surface area contributed by atoms with Crippen LogP contribution < -0.4 is 9.80 Å². The Balaban J connectivity index is 2.04. The van der Waals surface area contributed by atoms with E-state index in [1.807, 2.05) is 29.7 Å². The van der Waals surface area contributed by atoms with Gasteiger partial charge in [-0.2, -0.15) is 0 Å². The fourth-order valence-electron chi connectivity index (χ4n) is 3.61. The lowest BCUT2D eigenvalue weighted by molar-refractivity contribution is -0.122. The highest BCUT2D eigenvalue weighted by molar-refractivity contribution is 8.26. The Labute approximate surface area is 197 Å². The number of anilines is 2. The van der Waals surface area contributed by atoms with Crippen molar-refractivity contribution >= 4 is 51.6 Å². The number of nitrogens with zero attached hydrogens (tertiary/aromatic N) is 3. The predicted octanol–water partition coefficient (Wildman–Crippen LogP) is 2.47. The third kappa shape index (κ3) is 4.68. The highest BCUT2D eigenvalue weighted by atomic mass is 32.2. The number of fused-ring (bicyclic) bond motifs is 1. The van der Waals surface area contributed by atoms with Crippen LogP contribution in [0.4, 0.5) is 11.4 Å². The molecule has 32 heavy (non-hydrogen) atoms. The lowest BCUT2D eigenvalue weighted by Gasteiger charge is -2.26. The maximum absolute atomic E-state index is 12.6. The Hall–Kier alpha value is -2.40. The second kappa shape index (κ2) is 10.5. The Morgan fingerprint density at radius 1 is 1.16 bits per heavy atom. The van der Waals surface area contributed by atoms with Gasteiger partial charge in [0.2, 0.25) is 0 Å². The van der Waals surface area contributed by atoms with Crippen LogP contribution in [0.2, 0.25) is 0 Å². The van der Waals surface area contributed by atoms with Crippen LogP contribution in [0, 0.1) is 0 Å². The fourth-order valence-corrected chi connectivity index (χ4v) is 4.94. The van der Waals surface area contributed by atoms with Gasteiger partial charge in [-0.25, -0.2) is 4.79 Å². The van der Waals surface area contributed by atoms with Crippen molar-refractivity contribution in [1.82, 2.24) is 4.90 Å². The lowest BCUT2D eigenvalue weighted by atomic mass is 10.1. The number of aliphatic hydroxyl groups excluding tert-OH is 2. The lowest BCUT2D eigenvalue weighted by Crippen LogP contribution is -2.35. The van der Waals surface area contributed by atoms with Crippen LogP contribution in [0.25, 0.3) is 0 Å². The number of β-amino-alcohol motifs (C(OH)–C–C–N with tert-alkyl or cyclic N) is 1. The summed E-state index contributed by atoms with van der Waals surface area (Å²) in [7, 11) is 0. The van der Waals surface area contributed by atoms with Gasteiger partial charge in [0, 0.05) is 13.1 Å². The molecule has 1 aromatic rings. The van der Waals surface area contributed by atoms with Gasteiger partial charge in [-0.1, -0.05) is 24.0 Å². The summed E-state index contributed by atoms with van der Waals surface area (Å²) in [5, 5.41) is 19.6. The number of hydrogen-bond acceptors (Lipinski definition) is 9. The van der Waals surface area contributed by atoms with Crippen LogP contribution in [-0.2, 0) is 9.53 Å². The van der Waals surface area contributed by atoms with Gasteiger partial charge in [-0.3, -0.25) is 9.69 Å². The largest absolute Gasteiger partial charge is 0.462 e. The van der Waals surface area contributed by atoms with Crippen LogP contribution in [0.1, 0.15) is 31.1 Å². The van der Waals surface area contributed by atoms with Crippen LogP contribution in [0.15, 0.2) is 41.1 Å². The Morgan fingerprint density at radius 3 is 2.47 bits per heavy atom. The second-order valence-corrected chi connectivity index (χ2v) is 8.76. The monoisotopic (exact) mass is 477 g/mol. The van der Waals surface area contributed by atoms with Gasteiger partial charge >= 0.3 is 5.97 Å². The molecule has 1 unspecified atom stereocenters. The summed E-state index contributed by atoms with van der Waals surface area (Å²) in [6, 6.07) is 5.26. The van der Waals surface area contributed by atoms with E-state index in [2.05, 4.69) is 0 Å². The molecule has 3 rings (SSSR count). The van der Waals surface area contributed by atoms with Crippen molar-refractivity contribution in [3.8, 4) is 0 Å². The molecule has 2 heterocycles. The number of allylic oxidation sites excluding steroid dienone is 2. The average molecular weight is 478 g/mol. The summed E-state index contributed by atoms with van der Waals surface area (Å²) >= 11 is 6.53. The molecule has 172 valence electrons. The number of carbonyl (C=O) groups is 2. The van der Waals surface area contributed by atoms with Crippen molar-refractivity contribution in [3.63, 3.8) is 0 Å². The number of likely N-dealkylation sites (N-methyl/N-ethyl adjacent to an activating group) is 1. The Bertz CT molecular complexity index is 978. The average Bonchev–Trinajstić information content (AvgIpc) is 3.23. The molecule has 0 spiro atoms. The van der Waals surface area contributed by atoms with Crippen molar-refractivity contribution in [2.24, 2.45) is 0 Å². The second-order valence-electron chi connectivity index (χ2n) is 7.09. The molecule has 0 radical (unpaired) electrons. The Kier molecular flexibility index (Phi) is 7.94. The van der Waals surface area contributed by atoms with Crippen LogP contribution in [0.3, 0.4) is 0 Å². The molecule has 1 atom stereocenters. The van der Waals surface area contributed by atoms with Gasteiger partial charge in [-0.15, -0.1) is 0 Å². The topological polar surface area (TPSA) is 93.5 Å². The molecule has 2 N–H and O–H groups in total. The van der Waals surface area contributed by atoms with E-state index in [9.17, 15) is 19.8 Å². The van der Waals surface area contributed by atoms with E-state index in [1.165, 1.54) is 11.8 Å². The maximum Gasteiger partial charge on any atom is 0.338 e. The van der Waals surface area contributed by atoms with Crippen LogP contribution in [0.5, 0.6) is 0 Å². The van der Waals surface area contributed by atoms with E-state index >= 15 is 0 Å². The third-order valence-electron chi connectivity index (χ3n) is 5.12. The summed E-state index contributed by atoms with van der Waals surface area (Å²) in [6.07, 6.45) is 2.54. The smallest absolute Gasteiger partial charge is 0.338 e. The van der Waals surface area contributed by atoms with E-state index in [4.69, 9.17) is 17.0 Å². The van der Waals surface area contributed by atoms with Gasteiger partial charge in [0.15, 0.2) is 0 Å². The van der Waals surface area contributed by atoms with Crippen LogP contribution >= 0.6 is 24.0 Å². The molecular weight excluding hydrogens is 450 g/mol. The summed E-state index contributed by atoms with van der Waals surface area (Å²) in [5.41, 5.74) is 1.97. The number of ether oxygens (including phenoxy) is 1. The first-order chi connectivity index (χ1) is 15.4. The fraction of sp³-hybridized carbons (Fsp3) is 0.409. The molecular formula is C22H27N3O5S2. The van der Waals surface area contributed by atoms with Crippen LogP contribution in [-0.4, -0.2) is 70.3 Å². The molecule has 2 aliphatic rings. The van der Waals surface area contributed by atoms with Crippen molar-refractivity contribution in [1.29, 1.82) is 0 Å². The van der Waals surface area contributed by atoms with Gasteiger partial charge in [0.1, 0.15) is 10.1 Å². The molecule has 1 aromatic carbocycles. The SMILES string of the molecule is CCOC(=O)c1ccc2c(c1)N(CC(O)CO)/C(=C\C=C1/SC(=S)N(CC)C1=O)N2CC. The minimum Gasteiger partial charge on any atom is -0.462 e. The van der Waals surface area contributed by atoms with E-state index in [-0.39, 0.29) is 19.1 Å². The summed E-state index contributed by atoms with van der Waals surface area (Å²) in [4.78, 5) is 30.8. The predicted molar refractivity (Wildman–Crippen MR) is 130 cm³/mol. The molecule has 0 saturated carbocycles. The van der Waals surface area contributed by atoms with Crippen molar-refractivity contribution in [2.45, 2.75) is 26.9 Å². The summed E-state index contributed by atoms with van der Waals surface area (Å²) in [6.45, 7) is 6.71. The Morgan fingerprint density at radius 2 is 1.88 bits per heavy atom. The van der Waals surface area contributed by atoms with E-state index in [0.29, 0.717) is 33.6 Å². The quantitative estimate of drug-likeness (QED) is 0.333. The summed E-state index contributed by atoms with van der Waals surface area (Å²) in [5.74, 6) is 0.156. The normalized spacial score (nSPS) is 19.3. The molecule has 0 aromatic heterocycles. The number of aliphatic hydroxyl groups is 2. The highest BCUT2D eigenvalue weighted by Crippen LogP contribution is 2.42. The first-order valence-electron chi connectivity index (χ1n) is 10.5. The maximum atomic E-state index is 12.6. The van der Waals surface area contributed by atoms with Gasteiger partial charge in [0.05, 0.1) is 47.7 Å². The molecule has 1 amide bonds. The number of thioether (sulfide) groups is 1. The van der Waals surface area contributed by atoms with E-state index < -0.39 is 18.7 Å².